The Morgan fingerprint density at radius 3 is 1.59 bits per heavy atom. The number of likely N-dealkylation sites (tertiary alicyclic amines) is 2. The van der Waals surface area contributed by atoms with E-state index < -0.39 is 174 Å². The fourth-order valence-electron chi connectivity index (χ4n) is 14.3. The van der Waals surface area contributed by atoms with E-state index in [1.165, 1.54) is 47.3 Å². The summed E-state index contributed by atoms with van der Waals surface area (Å²) in [4.78, 5) is 224. The maximum absolute atomic E-state index is 15.0. The number of aromatic nitrogens is 4. The Labute approximate surface area is 675 Å². The largest absolute Gasteiger partial charge is 0.508 e. The SMILES string of the molecule is CCCC[C@H](NC(=O)[C@@H]1CCCN1C(=O)[C@H](CCC(N)=O)NC(=O)CNC(=O)[C@@H]1CCCN1C(=O)[C@H](CCCCN)NC(=O)[C@H](C)NC(=O)[C@H](CCC(N)=O)NC(=O)[C@H](CC(C)C)NC(=O)[C@H](Cc1c[nH]c2ccccc12)NC(=O)[C@H](Cc1c[nH]cn1)NC(=O)[C@@H](N)Cc1c[nH]c2ccccc12)C(=O)N[C@@H](Cc1ccc(O)cc1)C(=O)O. The Balaban J connectivity index is 0.898. The van der Waals surface area contributed by atoms with Crippen molar-refractivity contribution in [3.63, 3.8) is 0 Å². The van der Waals surface area contributed by atoms with Crippen LogP contribution in [0.25, 0.3) is 21.8 Å². The summed E-state index contributed by atoms with van der Waals surface area (Å²) in [6.07, 6.45) is 7.33. The van der Waals surface area contributed by atoms with Crippen LogP contribution in [0, 0.1) is 5.92 Å². The number of hydrogen-bond acceptors (Lipinski definition) is 19. The molecule has 0 spiro atoms. The van der Waals surface area contributed by atoms with Gasteiger partial charge in [0, 0.05) is 85.6 Å². The van der Waals surface area contributed by atoms with Crippen LogP contribution in [0.4, 0.5) is 0 Å². The molecule has 632 valence electrons. The van der Waals surface area contributed by atoms with Crippen molar-refractivity contribution in [2.75, 3.05) is 26.2 Å². The van der Waals surface area contributed by atoms with Gasteiger partial charge in [0.05, 0.1) is 24.6 Å². The molecule has 0 radical (unpaired) electrons. The number of aromatic amines is 3. The molecular formula is C80H110N20O17. The van der Waals surface area contributed by atoms with Crippen molar-refractivity contribution < 1.29 is 82.1 Å². The van der Waals surface area contributed by atoms with Crippen molar-refractivity contribution >= 4 is 110 Å². The van der Waals surface area contributed by atoms with E-state index in [-0.39, 0.29) is 108 Å². The van der Waals surface area contributed by atoms with Crippen LogP contribution >= 0.6 is 0 Å². The topological polar surface area (TPSA) is 588 Å². The van der Waals surface area contributed by atoms with Crippen LogP contribution in [0.2, 0.25) is 0 Å². The van der Waals surface area contributed by atoms with Crippen molar-refractivity contribution in [2.45, 2.75) is 222 Å². The number of carbonyl (C=O) groups excluding carboxylic acids is 14. The average Bonchev–Trinajstić information content (AvgIpc) is 1.72. The molecule has 2 fully saturated rings. The number of benzene rings is 3. The third kappa shape index (κ3) is 26.6. The van der Waals surface area contributed by atoms with Gasteiger partial charge in [-0.15, -0.1) is 0 Å². The van der Waals surface area contributed by atoms with E-state index in [1.54, 1.807) is 38.5 Å². The van der Waals surface area contributed by atoms with Gasteiger partial charge in [0.15, 0.2) is 0 Å². The molecule has 8 rings (SSSR count). The van der Waals surface area contributed by atoms with Gasteiger partial charge in [-0.05, 0) is 137 Å². The van der Waals surface area contributed by atoms with E-state index >= 15 is 0 Å². The van der Waals surface area contributed by atoms with Crippen LogP contribution < -0.4 is 76.1 Å². The summed E-state index contributed by atoms with van der Waals surface area (Å²) in [5, 5.41) is 47.8. The molecule has 3 aromatic heterocycles. The molecule has 0 unspecified atom stereocenters. The smallest absolute Gasteiger partial charge is 0.326 e. The Hall–Kier alpha value is -12.3. The lowest BCUT2D eigenvalue weighted by atomic mass is 9.99. The molecule has 14 amide bonds. The van der Waals surface area contributed by atoms with Crippen molar-refractivity contribution in [1.82, 2.24) is 82.9 Å². The van der Waals surface area contributed by atoms with Crippen molar-refractivity contribution in [3.8, 4) is 5.75 Å². The number of imidazole rings is 1. The van der Waals surface area contributed by atoms with Gasteiger partial charge in [-0.1, -0.05) is 82.1 Å². The minimum Gasteiger partial charge on any atom is -0.508 e. The molecule has 37 heteroatoms. The van der Waals surface area contributed by atoms with Gasteiger partial charge in [0.25, 0.3) is 0 Å². The predicted octanol–water partition coefficient (Wildman–Crippen LogP) is -0.862. The first-order valence-corrected chi connectivity index (χ1v) is 39.6. The molecule has 2 saturated heterocycles. The van der Waals surface area contributed by atoms with E-state index in [4.69, 9.17) is 22.9 Å². The molecule has 5 heterocycles. The van der Waals surface area contributed by atoms with Gasteiger partial charge in [-0.3, -0.25) is 67.1 Å². The standard InChI is InChI=1S/C80H110N20O17/c1-5-6-17-56(72(108)98-63(80(116)117)35-46-23-25-50(101)26-24-46)93-77(113)65-22-14-33-100(65)79(115)59(28-30-67(84)103)91-68(104)42-88-76(112)64-21-13-32-99(64)78(114)58(20-11-12-31-81)94-69(105)45(4)90-71(107)57(27-29-66(83)102)92-73(109)60(34-44(2)3)96-74(110)61(37-48-40-87-55-19-10-8-16-52(48)55)97-75(111)62(38-49-41-85-43-89-49)95-70(106)53(82)36-47-39-86-54-18-9-7-15-51(47)54/h7-10,15-16,18-19,23-26,39-41,43-45,53,56-65,86-87,101H,5-6,11-14,17,20-22,27-38,42,81-82H2,1-4H3,(H2,83,102)(H2,84,103)(H,85,89)(H,88,112)(H,90,107)(H,91,104)(H,92,109)(H,93,113)(H,94,105)(H,95,106)(H,96,110)(H,97,111)(H,98,108)(H,116,117)/t45-,53-,56-,57-,58-,59-,60-,61-,62-,63-,64-,65-/m0/s1. The molecule has 0 bridgehead atoms. The molecule has 6 aromatic rings. The van der Waals surface area contributed by atoms with Gasteiger partial charge >= 0.3 is 5.97 Å². The highest BCUT2D eigenvalue weighted by Gasteiger charge is 2.42. The summed E-state index contributed by atoms with van der Waals surface area (Å²) in [6, 6.07) is 4.47. The molecule has 12 atom stereocenters. The number of carboxylic acids is 1. The summed E-state index contributed by atoms with van der Waals surface area (Å²) in [6.45, 7) is 6.25. The fraction of sp³-hybridized carbons (Fsp3) is 0.500. The number of nitrogens with one attached hydrogen (secondary N) is 13. The lowest BCUT2D eigenvalue weighted by Crippen LogP contribution is -2.60. The third-order valence-electron chi connectivity index (χ3n) is 20.6. The minimum absolute atomic E-state index is 0.0114. The number of fused-ring (bicyclic) bond motifs is 2. The van der Waals surface area contributed by atoms with E-state index in [2.05, 4.69) is 73.1 Å². The number of para-hydroxylation sites is 2. The first-order valence-electron chi connectivity index (χ1n) is 39.6. The zero-order valence-electron chi connectivity index (χ0n) is 66.2. The van der Waals surface area contributed by atoms with Gasteiger partial charge in [0.2, 0.25) is 82.7 Å². The number of amides is 14. The van der Waals surface area contributed by atoms with Crippen molar-refractivity contribution in [2.24, 2.45) is 28.9 Å². The number of carboxylic acid groups (broad SMARTS) is 1. The number of aliphatic carboxylic acids is 1. The zero-order chi connectivity index (χ0) is 85.0. The quantitative estimate of drug-likeness (QED) is 0.0207. The van der Waals surface area contributed by atoms with Crippen LogP contribution in [0.5, 0.6) is 5.75 Å². The number of primary amides is 2. The summed E-state index contributed by atoms with van der Waals surface area (Å²) in [5.74, 6) is -13.0. The second kappa shape index (κ2) is 44.0. The first kappa shape index (κ1) is 90.3. The molecule has 2 aliphatic heterocycles. The number of H-pyrrole nitrogens is 3. The van der Waals surface area contributed by atoms with Crippen molar-refractivity contribution in [3.05, 3.63) is 120 Å². The fourth-order valence-corrected chi connectivity index (χ4v) is 14.3. The van der Waals surface area contributed by atoms with Crippen LogP contribution in [0.3, 0.4) is 0 Å². The van der Waals surface area contributed by atoms with E-state index in [0.717, 1.165) is 27.4 Å². The molecule has 0 aliphatic carbocycles. The molecule has 2 aliphatic rings. The number of nitrogens with zero attached hydrogens (tertiary/aromatic N) is 3. The Morgan fingerprint density at radius 2 is 1.02 bits per heavy atom. The summed E-state index contributed by atoms with van der Waals surface area (Å²) >= 11 is 0. The normalized spacial score (nSPS) is 16.5. The number of aromatic hydroxyl groups is 1. The first-order chi connectivity index (χ1) is 55.9. The molecule has 37 nitrogen and oxygen atoms in total. The molecule has 3 aromatic carbocycles. The van der Waals surface area contributed by atoms with E-state index in [1.807, 2.05) is 49.4 Å². The number of unbranched alkanes of at least 4 members (excludes halogenated alkanes) is 2. The number of phenols is 1. The Kier molecular flexibility index (Phi) is 33.9. The molecule has 23 N–H and O–H groups in total. The van der Waals surface area contributed by atoms with Gasteiger partial charge < -0.3 is 111 Å². The minimum atomic E-state index is -1.57. The Bertz CT molecular complexity index is 4470. The van der Waals surface area contributed by atoms with Crippen LogP contribution in [-0.2, 0) is 97.6 Å². The number of carbonyl (C=O) groups is 15. The highest BCUT2D eigenvalue weighted by molar-refractivity contribution is 6.00. The van der Waals surface area contributed by atoms with Crippen LogP contribution in [0.1, 0.15) is 146 Å². The number of phenolic OH excluding ortho intramolecular Hbond substituents is 1. The highest BCUT2D eigenvalue weighted by atomic mass is 16.4. The average molecular weight is 1620 g/mol. The number of nitrogens with two attached hydrogens (primary N) is 4. The second-order valence-electron chi connectivity index (χ2n) is 30.1. The monoisotopic (exact) mass is 1620 g/mol. The number of hydrogen-bond donors (Lipinski definition) is 19. The van der Waals surface area contributed by atoms with Crippen LogP contribution in [0.15, 0.2) is 97.7 Å². The number of rotatable bonds is 46. The zero-order valence-corrected chi connectivity index (χ0v) is 66.2. The highest BCUT2D eigenvalue weighted by Crippen LogP contribution is 2.25. The summed E-state index contributed by atoms with van der Waals surface area (Å²) in [5.41, 5.74) is 27.2. The lowest BCUT2D eigenvalue weighted by molar-refractivity contribution is -0.144. The van der Waals surface area contributed by atoms with Gasteiger partial charge in [-0.2, -0.15) is 0 Å². The maximum Gasteiger partial charge on any atom is 0.326 e. The van der Waals surface area contributed by atoms with E-state index in [9.17, 15) is 82.1 Å². The summed E-state index contributed by atoms with van der Waals surface area (Å²) in [7, 11) is 0. The third-order valence-corrected chi connectivity index (χ3v) is 20.6. The molecule has 0 saturated carbocycles. The maximum atomic E-state index is 15.0. The van der Waals surface area contributed by atoms with Crippen molar-refractivity contribution in [1.29, 1.82) is 0 Å². The predicted molar refractivity (Wildman–Crippen MR) is 428 cm³/mol. The molecular weight excluding hydrogens is 1510 g/mol. The van der Waals surface area contributed by atoms with Gasteiger partial charge in [0.1, 0.15) is 72.2 Å². The van der Waals surface area contributed by atoms with Crippen LogP contribution in [-0.4, -0.2) is 227 Å². The Morgan fingerprint density at radius 1 is 0.521 bits per heavy atom. The summed E-state index contributed by atoms with van der Waals surface area (Å²) < 4.78 is 0. The second-order valence-corrected chi connectivity index (χ2v) is 30.1. The lowest BCUT2D eigenvalue weighted by Gasteiger charge is -2.30. The van der Waals surface area contributed by atoms with Gasteiger partial charge in [-0.25, -0.2) is 9.78 Å². The van der Waals surface area contributed by atoms with E-state index in [0.29, 0.717) is 55.3 Å². The molecule has 117 heavy (non-hydrogen) atoms.